The Morgan fingerprint density at radius 3 is 2.67 bits per heavy atom. The predicted molar refractivity (Wildman–Crippen MR) is 44.4 cm³/mol. The van der Waals surface area contributed by atoms with Gasteiger partial charge >= 0.3 is 10.1 Å². The minimum absolute atomic E-state index is 0.278. The minimum atomic E-state index is -3.44. The lowest BCUT2D eigenvalue weighted by Crippen LogP contribution is -2.07. The summed E-state index contributed by atoms with van der Waals surface area (Å²) < 4.78 is 26.0. The molecule has 0 aliphatic heterocycles. The Morgan fingerprint density at radius 1 is 1.50 bits per heavy atom. The predicted octanol–water partition coefficient (Wildman–Crippen LogP) is 0.728. The summed E-state index contributed by atoms with van der Waals surface area (Å²) in [6.07, 6.45) is 2.57. The summed E-state index contributed by atoms with van der Waals surface area (Å²) >= 11 is 0. The third-order valence-electron chi connectivity index (χ3n) is 1.20. The summed E-state index contributed by atoms with van der Waals surface area (Å²) in [7, 11) is -3.44. The van der Waals surface area contributed by atoms with Gasteiger partial charge < -0.3 is 4.18 Å². The van der Waals surface area contributed by atoms with Crippen molar-refractivity contribution in [3.63, 3.8) is 0 Å². The van der Waals surface area contributed by atoms with Gasteiger partial charge in [-0.2, -0.15) is 8.42 Å². The van der Waals surface area contributed by atoms with Crippen molar-refractivity contribution in [3.8, 4) is 5.75 Å². The molecular formula is C7H9NO3S. The number of hydrogen-bond donors (Lipinski definition) is 0. The maximum Gasteiger partial charge on any atom is 0.306 e. The fourth-order valence-electron chi connectivity index (χ4n) is 0.721. The van der Waals surface area contributed by atoms with Gasteiger partial charge in [0, 0.05) is 6.20 Å². The van der Waals surface area contributed by atoms with E-state index in [9.17, 15) is 8.42 Å². The standard InChI is InChI=1S/C7H9NO3S/c1-6-7(4-3-5-8-6)11-12(2,9)10/h3-5H,1-2H3. The largest absolute Gasteiger partial charge is 0.381 e. The van der Waals surface area contributed by atoms with Crippen LogP contribution < -0.4 is 4.18 Å². The first-order valence-corrected chi connectivity index (χ1v) is 5.12. The summed E-state index contributed by atoms with van der Waals surface area (Å²) in [6.45, 7) is 1.68. The van der Waals surface area contributed by atoms with Crippen LogP contribution in [0.4, 0.5) is 0 Å². The maximum absolute atomic E-state index is 10.7. The van der Waals surface area contributed by atoms with Gasteiger partial charge in [-0.3, -0.25) is 4.98 Å². The fourth-order valence-corrected chi connectivity index (χ4v) is 1.22. The van der Waals surface area contributed by atoms with Crippen molar-refractivity contribution in [1.82, 2.24) is 4.98 Å². The summed E-state index contributed by atoms with van der Waals surface area (Å²) in [5, 5.41) is 0. The van der Waals surface area contributed by atoms with Gasteiger partial charge in [-0.1, -0.05) is 0 Å². The van der Waals surface area contributed by atoms with Gasteiger partial charge in [0.1, 0.15) is 0 Å². The van der Waals surface area contributed by atoms with E-state index in [0.29, 0.717) is 5.69 Å². The van der Waals surface area contributed by atoms with E-state index in [1.54, 1.807) is 25.3 Å². The third kappa shape index (κ3) is 2.50. The molecule has 4 nitrogen and oxygen atoms in total. The first kappa shape index (κ1) is 8.99. The molecule has 1 aromatic heterocycles. The Bertz CT molecular complexity index is 372. The summed E-state index contributed by atoms with van der Waals surface area (Å²) in [5.41, 5.74) is 0.558. The molecule has 0 bridgehead atoms. The number of pyridine rings is 1. The molecule has 1 heterocycles. The molecule has 0 aliphatic carbocycles. The molecule has 0 radical (unpaired) electrons. The Morgan fingerprint density at radius 2 is 2.17 bits per heavy atom. The molecule has 1 aromatic rings. The van der Waals surface area contributed by atoms with Crippen LogP contribution in [0, 0.1) is 6.92 Å². The second kappa shape index (κ2) is 3.10. The van der Waals surface area contributed by atoms with E-state index in [4.69, 9.17) is 0 Å². The highest BCUT2D eigenvalue weighted by atomic mass is 32.2. The van der Waals surface area contributed by atoms with Crippen molar-refractivity contribution in [2.45, 2.75) is 6.92 Å². The quantitative estimate of drug-likeness (QED) is 0.640. The van der Waals surface area contributed by atoms with Crippen molar-refractivity contribution in [3.05, 3.63) is 24.0 Å². The highest BCUT2D eigenvalue weighted by Gasteiger charge is 2.06. The van der Waals surface area contributed by atoms with Crippen LogP contribution in [0.3, 0.4) is 0 Å². The average molecular weight is 187 g/mol. The molecular weight excluding hydrogens is 178 g/mol. The zero-order valence-corrected chi connectivity index (χ0v) is 7.63. The first-order chi connectivity index (χ1) is 5.49. The minimum Gasteiger partial charge on any atom is -0.381 e. The molecule has 0 saturated carbocycles. The smallest absolute Gasteiger partial charge is 0.306 e. The van der Waals surface area contributed by atoms with Crippen LogP contribution in [0.25, 0.3) is 0 Å². The lowest BCUT2D eigenvalue weighted by atomic mass is 10.3. The van der Waals surface area contributed by atoms with Crippen LogP contribution in [0.5, 0.6) is 5.75 Å². The zero-order valence-electron chi connectivity index (χ0n) is 6.81. The zero-order chi connectivity index (χ0) is 9.19. The van der Waals surface area contributed by atoms with Crippen LogP contribution in [0.2, 0.25) is 0 Å². The number of aryl methyl sites for hydroxylation is 1. The van der Waals surface area contributed by atoms with Crippen molar-refractivity contribution in [2.24, 2.45) is 0 Å². The van der Waals surface area contributed by atoms with Crippen molar-refractivity contribution in [2.75, 3.05) is 6.26 Å². The fraction of sp³-hybridized carbons (Fsp3) is 0.286. The van der Waals surface area contributed by atoms with Crippen LogP contribution in [-0.4, -0.2) is 19.7 Å². The summed E-state index contributed by atoms with van der Waals surface area (Å²) in [4.78, 5) is 3.87. The number of nitrogens with zero attached hydrogens (tertiary/aromatic N) is 1. The molecule has 0 N–H and O–H groups in total. The third-order valence-corrected chi connectivity index (χ3v) is 1.68. The first-order valence-electron chi connectivity index (χ1n) is 3.30. The van der Waals surface area contributed by atoms with E-state index < -0.39 is 10.1 Å². The lowest BCUT2D eigenvalue weighted by Gasteiger charge is -2.03. The molecule has 0 spiro atoms. The molecule has 0 aromatic carbocycles. The van der Waals surface area contributed by atoms with Gasteiger partial charge in [0.2, 0.25) is 0 Å². The number of aromatic nitrogens is 1. The Balaban J connectivity index is 2.98. The van der Waals surface area contributed by atoms with E-state index in [-0.39, 0.29) is 5.75 Å². The molecule has 0 saturated heterocycles. The molecule has 5 heteroatoms. The second-order valence-corrected chi connectivity index (χ2v) is 3.95. The molecule has 1 rings (SSSR count). The second-order valence-electron chi connectivity index (χ2n) is 2.37. The van der Waals surface area contributed by atoms with Gasteiger partial charge in [0.05, 0.1) is 11.9 Å². The summed E-state index contributed by atoms with van der Waals surface area (Å²) in [6, 6.07) is 3.18. The molecule has 0 atom stereocenters. The van der Waals surface area contributed by atoms with Crippen molar-refractivity contribution >= 4 is 10.1 Å². The lowest BCUT2D eigenvalue weighted by molar-refractivity contribution is 0.489. The van der Waals surface area contributed by atoms with E-state index in [2.05, 4.69) is 9.17 Å². The SMILES string of the molecule is Cc1ncccc1OS(C)(=O)=O. The van der Waals surface area contributed by atoms with Crippen LogP contribution in [-0.2, 0) is 10.1 Å². The van der Waals surface area contributed by atoms with Gasteiger partial charge in [-0.15, -0.1) is 0 Å². The molecule has 0 amide bonds. The van der Waals surface area contributed by atoms with E-state index in [0.717, 1.165) is 6.26 Å². The molecule has 0 aliphatic rings. The summed E-state index contributed by atoms with van der Waals surface area (Å²) in [5.74, 6) is 0.278. The highest BCUT2D eigenvalue weighted by Crippen LogP contribution is 2.14. The Labute approximate surface area is 71.3 Å². The average Bonchev–Trinajstić information content (AvgIpc) is 1.91. The van der Waals surface area contributed by atoms with Crippen molar-refractivity contribution < 1.29 is 12.6 Å². The maximum atomic E-state index is 10.7. The van der Waals surface area contributed by atoms with Crippen LogP contribution in [0.15, 0.2) is 18.3 Å². The Kier molecular flexibility index (Phi) is 2.32. The van der Waals surface area contributed by atoms with Gasteiger partial charge in [-0.05, 0) is 19.1 Å². The normalized spacial score (nSPS) is 11.2. The monoisotopic (exact) mass is 187 g/mol. The highest BCUT2D eigenvalue weighted by molar-refractivity contribution is 7.86. The Hall–Kier alpha value is -1.10. The molecule has 0 fully saturated rings. The van der Waals surface area contributed by atoms with Gasteiger partial charge in [-0.25, -0.2) is 0 Å². The van der Waals surface area contributed by atoms with E-state index in [1.165, 1.54) is 0 Å². The van der Waals surface area contributed by atoms with E-state index in [1.807, 2.05) is 0 Å². The topological polar surface area (TPSA) is 56.3 Å². The van der Waals surface area contributed by atoms with Gasteiger partial charge in [0.15, 0.2) is 5.75 Å². The van der Waals surface area contributed by atoms with E-state index >= 15 is 0 Å². The van der Waals surface area contributed by atoms with Crippen molar-refractivity contribution in [1.29, 1.82) is 0 Å². The van der Waals surface area contributed by atoms with Crippen LogP contribution >= 0.6 is 0 Å². The van der Waals surface area contributed by atoms with Crippen LogP contribution in [0.1, 0.15) is 5.69 Å². The van der Waals surface area contributed by atoms with Gasteiger partial charge in [0.25, 0.3) is 0 Å². The number of hydrogen-bond acceptors (Lipinski definition) is 4. The number of rotatable bonds is 2. The molecule has 66 valence electrons. The molecule has 12 heavy (non-hydrogen) atoms. The molecule has 0 unspecified atom stereocenters.